The summed E-state index contributed by atoms with van der Waals surface area (Å²) in [5.74, 6) is 0.144. The van der Waals surface area contributed by atoms with E-state index in [-0.39, 0.29) is 5.82 Å². The molecule has 0 bridgehead atoms. The van der Waals surface area contributed by atoms with Gasteiger partial charge in [-0.15, -0.1) is 0 Å². The van der Waals surface area contributed by atoms with Crippen LogP contribution in [-0.2, 0) is 10.9 Å². The first-order valence-electron chi connectivity index (χ1n) is 6.69. The zero-order valence-corrected chi connectivity index (χ0v) is 12.1. The molecule has 2 rings (SSSR count). The lowest BCUT2D eigenvalue weighted by molar-refractivity contribution is -0.141. The van der Waals surface area contributed by atoms with Gasteiger partial charge in [-0.1, -0.05) is 0 Å². The minimum absolute atomic E-state index is 0.144. The fourth-order valence-corrected chi connectivity index (χ4v) is 2.24. The molecule has 2 heterocycles. The second kappa shape index (κ2) is 5.23. The number of carbonyl (C=O) groups excluding carboxylic acids is 1. The highest BCUT2D eigenvalue weighted by molar-refractivity contribution is 5.69. The van der Waals surface area contributed by atoms with Crippen LogP contribution in [0.15, 0.2) is 6.20 Å². The number of hydrogen-bond donors (Lipinski definition) is 1. The Balaban J connectivity index is 2.15. The number of rotatable bonds is 1. The van der Waals surface area contributed by atoms with Crippen LogP contribution in [0.3, 0.4) is 0 Å². The zero-order chi connectivity index (χ0) is 15.8. The van der Waals surface area contributed by atoms with Crippen molar-refractivity contribution in [1.29, 1.82) is 0 Å². The lowest BCUT2D eigenvalue weighted by Crippen LogP contribution is -2.36. The van der Waals surface area contributed by atoms with Gasteiger partial charge >= 0.3 is 12.3 Å². The molecule has 118 valence electrons. The molecule has 1 N–H and O–H groups in total. The van der Waals surface area contributed by atoms with Crippen molar-refractivity contribution in [1.82, 2.24) is 14.9 Å². The van der Waals surface area contributed by atoms with Crippen LogP contribution < -0.4 is 0 Å². The van der Waals surface area contributed by atoms with Gasteiger partial charge in [0.15, 0.2) is 0 Å². The number of halogens is 3. The third-order valence-electron chi connectivity index (χ3n) is 3.10. The summed E-state index contributed by atoms with van der Waals surface area (Å²) in [4.78, 5) is 19.5. The Bertz CT molecular complexity index is 519. The Morgan fingerprint density at radius 3 is 2.62 bits per heavy atom. The summed E-state index contributed by atoms with van der Waals surface area (Å²) >= 11 is 0. The van der Waals surface area contributed by atoms with Gasteiger partial charge < -0.3 is 9.72 Å². The van der Waals surface area contributed by atoms with Crippen LogP contribution in [-0.4, -0.2) is 33.1 Å². The summed E-state index contributed by atoms with van der Waals surface area (Å²) in [6, 6.07) is -0.504. The maximum Gasteiger partial charge on any atom is 0.432 e. The number of likely N-dealkylation sites (tertiary alicyclic amines) is 1. The molecule has 1 aromatic rings. The van der Waals surface area contributed by atoms with Crippen molar-refractivity contribution in [3.05, 3.63) is 17.7 Å². The van der Waals surface area contributed by atoms with E-state index < -0.39 is 29.6 Å². The monoisotopic (exact) mass is 305 g/mol. The van der Waals surface area contributed by atoms with Crippen LogP contribution in [0.1, 0.15) is 51.2 Å². The van der Waals surface area contributed by atoms with E-state index in [1.807, 2.05) is 0 Å². The van der Waals surface area contributed by atoms with Gasteiger partial charge in [0.25, 0.3) is 0 Å². The first-order chi connectivity index (χ1) is 9.58. The molecule has 8 heteroatoms. The topological polar surface area (TPSA) is 58.2 Å². The fourth-order valence-electron chi connectivity index (χ4n) is 2.24. The number of alkyl halides is 3. The molecule has 0 saturated carbocycles. The standard InChI is InChI=1S/C13H18F3N3O2/c1-12(2,3)21-11(20)19-6-4-5-8(19)10-17-7-9(18-10)13(14,15)16/h7-8H,4-6H2,1-3H3,(H,17,18)/t8-/m0/s1. The molecule has 1 aromatic heterocycles. The highest BCUT2D eigenvalue weighted by atomic mass is 19.4. The number of carbonyl (C=O) groups is 1. The molecule has 5 nitrogen and oxygen atoms in total. The maximum atomic E-state index is 12.6. The van der Waals surface area contributed by atoms with Gasteiger partial charge in [0.2, 0.25) is 0 Å². The highest BCUT2D eigenvalue weighted by Crippen LogP contribution is 2.34. The number of nitrogens with zero attached hydrogens (tertiary/aromatic N) is 2. The molecule has 1 amide bonds. The second-order valence-electron chi connectivity index (χ2n) is 6.01. The molecule has 0 aromatic carbocycles. The average Bonchev–Trinajstić information content (AvgIpc) is 2.94. The van der Waals surface area contributed by atoms with E-state index in [0.717, 1.165) is 6.20 Å². The molecule has 1 aliphatic rings. The number of aromatic amines is 1. The molecule has 0 spiro atoms. The van der Waals surface area contributed by atoms with Crippen molar-refractivity contribution < 1.29 is 22.7 Å². The SMILES string of the molecule is CC(C)(C)OC(=O)N1CCC[C@H]1c1ncc(C(F)(F)F)[nH]1. The van der Waals surface area contributed by atoms with E-state index in [0.29, 0.717) is 19.4 Å². The van der Waals surface area contributed by atoms with Gasteiger partial charge in [0, 0.05) is 6.54 Å². The molecule has 0 aliphatic carbocycles. The molecule has 1 aliphatic heterocycles. The normalized spacial score (nSPS) is 19.9. The predicted octanol–water partition coefficient (Wildman–Crippen LogP) is 3.50. The summed E-state index contributed by atoms with van der Waals surface area (Å²) in [6.07, 6.45) is -2.99. The molecule has 0 unspecified atom stereocenters. The summed E-state index contributed by atoms with van der Waals surface area (Å²) in [6.45, 7) is 5.67. The first-order valence-corrected chi connectivity index (χ1v) is 6.69. The van der Waals surface area contributed by atoms with Crippen LogP contribution >= 0.6 is 0 Å². The number of aromatic nitrogens is 2. The van der Waals surface area contributed by atoms with Crippen molar-refractivity contribution in [3.63, 3.8) is 0 Å². The van der Waals surface area contributed by atoms with Crippen LogP contribution in [0.25, 0.3) is 0 Å². The Hall–Kier alpha value is -1.73. The van der Waals surface area contributed by atoms with E-state index in [4.69, 9.17) is 4.74 Å². The molecular formula is C13H18F3N3O2. The van der Waals surface area contributed by atoms with Crippen LogP contribution in [0.2, 0.25) is 0 Å². The van der Waals surface area contributed by atoms with Crippen LogP contribution in [0.4, 0.5) is 18.0 Å². The van der Waals surface area contributed by atoms with Gasteiger partial charge in [-0.25, -0.2) is 9.78 Å². The number of ether oxygens (including phenoxy) is 1. The Morgan fingerprint density at radius 1 is 1.43 bits per heavy atom. The number of hydrogen-bond acceptors (Lipinski definition) is 3. The first kappa shape index (κ1) is 15.7. The molecule has 1 atom stereocenters. The molecule has 1 saturated heterocycles. The largest absolute Gasteiger partial charge is 0.444 e. The lowest BCUT2D eigenvalue weighted by atomic mass is 10.2. The third kappa shape index (κ3) is 3.68. The van der Waals surface area contributed by atoms with Gasteiger partial charge in [-0.2, -0.15) is 13.2 Å². The number of H-pyrrole nitrogens is 1. The average molecular weight is 305 g/mol. The maximum absolute atomic E-state index is 12.6. The summed E-state index contributed by atoms with van der Waals surface area (Å²) < 4.78 is 43.0. The zero-order valence-electron chi connectivity index (χ0n) is 12.1. The molecule has 0 radical (unpaired) electrons. The van der Waals surface area contributed by atoms with E-state index in [1.54, 1.807) is 20.8 Å². The Kier molecular flexibility index (Phi) is 3.90. The number of imidazole rings is 1. The van der Waals surface area contributed by atoms with Crippen molar-refractivity contribution in [2.75, 3.05) is 6.54 Å². The van der Waals surface area contributed by atoms with Gasteiger partial charge in [-0.05, 0) is 33.6 Å². The second-order valence-corrected chi connectivity index (χ2v) is 6.01. The van der Waals surface area contributed by atoms with Crippen LogP contribution in [0.5, 0.6) is 0 Å². The Morgan fingerprint density at radius 2 is 2.10 bits per heavy atom. The third-order valence-corrected chi connectivity index (χ3v) is 3.10. The lowest BCUT2D eigenvalue weighted by Gasteiger charge is -2.27. The van der Waals surface area contributed by atoms with E-state index in [9.17, 15) is 18.0 Å². The summed E-state index contributed by atoms with van der Waals surface area (Å²) in [7, 11) is 0. The van der Waals surface area contributed by atoms with E-state index in [1.165, 1.54) is 4.90 Å². The molecule has 1 fully saturated rings. The molecule has 21 heavy (non-hydrogen) atoms. The van der Waals surface area contributed by atoms with Gasteiger partial charge in [0.05, 0.1) is 12.2 Å². The van der Waals surface area contributed by atoms with Gasteiger partial charge in [-0.3, -0.25) is 4.90 Å². The van der Waals surface area contributed by atoms with Crippen molar-refractivity contribution in [2.24, 2.45) is 0 Å². The van der Waals surface area contributed by atoms with Gasteiger partial charge in [0.1, 0.15) is 17.1 Å². The summed E-state index contributed by atoms with van der Waals surface area (Å²) in [5.41, 5.74) is -1.56. The van der Waals surface area contributed by atoms with E-state index >= 15 is 0 Å². The van der Waals surface area contributed by atoms with Crippen molar-refractivity contribution in [3.8, 4) is 0 Å². The summed E-state index contributed by atoms with van der Waals surface area (Å²) in [5, 5.41) is 0. The fraction of sp³-hybridized carbons (Fsp3) is 0.692. The number of amides is 1. The van der Waals surface area contributed by atoms with Crippen molar-refractivity contribution >= 4 is 6.09 Å². The van der Waals surface area contributed by atoms with Crippen LogP contribution in [0, 0.1) is 0 Å². The predicted molar refractivity (Wildman–Crippen MR) is 68.5 cm³/mol. The Labute approximate surface area is 120 Å². The molecular weight excluding hydrogens is 287 g/mol. The quantitative estimate of drug-likeness (QED) is 0.864. The minimum atomic E-state index is -4.47. The smallest absolute Gasteiger partial charge is 0.432 e. The highest BCUT2D eigenvalue weighted by Gasteiger charge is 2.38. The number of nitrogens with one attached hydrogen (secondary N) is 1. The van der Waals surface area contributed by atoms with E-state index in [2.05, 4.69) is 9.97 Å². The minimum Gasteiger partial charge on any atom is -0.444 e. The van der Waals surface area contributed by atoms with Crippen molar-refractivity contribution in [2.45, 2.75) is 51.4 Å².